The summed E-state index contributed by atoms with van der Waals surface area (Å²) in [7, 11) is 0. The van der Waals surface area contributed by atoms with Crippen LogP contribution in [0.3, 0.4) is 0 Å². The topological polar surface area (TPSA) is 23.6 Å². The molecule has 0 saturated carbocycles. The van der Waals surface area contributed by atoms with Crippen LogP contribution in [0.5, 0.6) is 0 Å². The number of Topliss-reactive ketones (excluding diaryl/α,β-unsaturated/α-hetero) is 1. The van der Waals surface area contributed by atoms with Gasteiger partial charge in [-0.15, -0.1) is 0 Å². The van der Waals surface area contributed by atoms with Gasteiger partial charge in [-0.25, -0.2) is 4.39 Å². The molecule has 0 radical (unpaired) electrons. The van der Waals surface area contributed by atoms with Gasteiger partial charge in [0, 0.05) is 38.3 Å². The summed E-state index contributed by atoms with van der Waals surface area (Å²) in [6.07, 6.45) is 0. The number of piperazine rings is 3. The summed E-state index contributed by atoms with van der Waals surface area (Å²) in [5.74, 6) is -0.267. The molecule has 3 aliphatic rings. The van der Waals surface area contributed by atoms with Crippen molar-refractivity contribution in [1.29, 1.82) is 0 Å². The van der Waals surface area contributed by atoms with Crippen molar-refractivity contribution in [2.45, 2.75) is 13.0 Å². The van der Waals surface area contributed by atoms with Gasteiger partial charge in [-0.3, -0.25) is 14.6 Å². The molecule has 3 fully saturated rings. The highest BCUT2D eigenvalue weighted by Crippen LogP contribution is 2.20. The Morgan fingerprint density at radius 2 is 1.94 bits per heavy atom. The van der Waals surface area contributed by atoms with E-state index in [0.717, 1.165) is 38.3 Å². The second kappa shape index (κ2) is 4.44. The molecule has 1 atom stereocenters. The maximum Gasteiger partial charge on any atom is 0.181 e. The zero-order valence-corrected chi connectivity index (χ0v) is 10.5. The van der Waals surface area contributed by atoms with E-state index in [0.29, 0.717) is 5.56 Å². The first-order valence-corrected chi connectivity index (χ1v) is 6.41. The fourth-order valence-electron chi connectivity index (χ4n) is 2.94. The first-order valence-electron chi connectivity index (χ1n) is 6.41. The van der Waals surface area contributed by atoms with Crippen LogP contribution in [0.4, 0.5) is 4.39 Å². The molecule has 4 heteroatoms. The summed E-state index contributed by atoms with van der Waals surface area (Å²) in [6.45, 7) is 6.60. The summed E-state index contributed by atoms with van der Waals surface area (Å²) < 4.78 is 13.4. The SMILES string of the molecule is Cc1cc(F)cc(C(=O)C2CN3CCN2CC3)c1. The maximum absolute atomic E-state index is 13.4. The Morgan fingerprint density at radius 1 is 1.22 bits per heavy atom. The third-order valence-electron chi connectivity index (χ3n) is 3.91. The summed E-state index contributed by atoms with van der Waals surface area (Å²) in [5, 5.41) is 0. The molecule has 1 aromatic carbocycles. The Morgan fingerprint density at radius 3 is 2.50 bits per heavy atom. The zero-order chi connectivity index (χ0) is 12.7. The largest absolute Gasteiger partial charge is 0.299 e. The molecule has 3 heterocycles. The van der Waals surface area contributed by atoms with Gasteiger partial charge in [0.1, 0.15) is 5.82 Å². The van der Waals surface area contributed by atoms with E-state index in [1.807, 2.05) is 6.92 Å². The number of benzene rings is 1. The quantitative estimate of drug-likeness (QED) is 0.737. The number of carbonyl (C=O) groups is 1. The minimum absolute atomic E-state index is 0.0574. The molecular formula is C14H17FN2O. The summed E-state index contributed by atoms with van der Waals surface area (Å²) >= 11 is 0. The monoisotopic (exact) mass is 248 g/mol. The van der Waals surface area contributed by atoms with Gasteiger partial charge in [-0.1, -0.05) is 0 Å². The first kappa shape index (κ1) is 11.8. The van der Waals surface area contributed by atoms with Crippen molar-refractivity contribution < 1.29 is 9.18 Å². The van der Waals surface area contributed by atoms with Gasteiger partial charge in [-0.05, 0) is 30.7 Å². The highest BCUT2D eigenvalue weighted by molar-refractivity contribution is 6.00. The smallest absolute Gasteiger partial charge is 0.181 e. The van der Waals surface area contributed by atoms with E-state index in [1.165, 1.54) is 12.1 Å². The molecule has 3 saturated heterocycles. The van der Waals surface area contributed by atoms with Crippen molar-refractivity contribution in [2.24, 2.45) is 0 Å². The van der Waals surface area contributed by atoms with Crippen molar-refractivity contribution in [3.05, 3.63) is 35.1 Å². The second-order valence-electron chi connectivity index (χ2n) is 5.23. The van der Waals surface area contributed by atoms with E-state index in [9.17, 15) is 9.18 Å². The predicted molar refractivity (Wildman–Crippen MR) is 67.3 cm³/mol. The second-order valence-corrected chi connectivity index (χ2v) is 5.23. The number of fused-ring (bicyclic) bond motifs is 3. The first-order chi connectivity index (χ1) is 8.63. The Bertz CT molecular complexity index is 460. The molecule has 1 unspecified atom stereocenters. The minimum Gasteiger partial charge on any atom is -0.299 e. The van der Waals surface area contributed by atoms with Gasteiger partial charge in [0.2, 0.25) is 0 Å². The Hall–Kier alpha value is -1.26. The molecule has 1 aromatic rings. The highest BCUT2D eigenvalue weighted by atomic mass is 19.1. The van der Waals surface area contributed by atoms with E-state index in [2.05, 4.69) is 9.80 Å². The predicted octanol–water partition coefficient (Wildman–Crippen LogP) is 1.32. The van der Waals surface area contributed by atoms with Gasteiger partial charge in [0.05, 0.1) is 6.04 Å². The molecule has 96 valence electrons. The number of nitrogens with zero attached hydrogens (tertiary/aromatic N) is 2. The lowest BCUT2D eigenvalue weighted by Crippen LogP contribution is -2.63. The van der Waals surface area contributed by atoms with Crippen LogP contribution in [0.2, 0.25) is 0 Å². The van der Waals surface area contributed by atoms with Crippen LogP contribution in [0, 0.1) is 12.7 Å². The van der Waals surface area contributed by atoms with Crippen molar-refractivity contribution in [1.82, 2.24) is 9.80 Å². The van der Waals surface area contributed by atoms with Gasteiger partial charge in [-0.2, -0.15) is 0 Å². The Balaban J connectivity index is 1.86. The fraction of sp³-hybridized carbons (Fsp3) is 0.500. The lowest BCUT2D eigenvalue weighted by Gasteiger charge is -2.46. The van der Waals surface area contributed by atoms with Crippen molar-refractivity contribution in [3.63, 3.8) is 0 Å². The molecular weight excluding hydrogens is 231 g/mol. The lowest BCUT2D eigenvalue weighted by molar-refractivity contribution is 0.0159. The number of ketones is 1. The van der Waals surface area contributed by atoms with Crippen molar-refractivity contribution in [2.75, 3.05) is 32.7 Å². The zero-order valence-electron chi connectivity index (χ0n) is 10.5. The Labute approximate surface area is 106 Å². The number of hydrogen-bond acceptors (Lipinski definition) is 3. The van der Waals surface area contributed by atoms with Crippen LogP contribution >= 0.6 is 0 Å². The molecule has 0 spiro atoms. The third-order valence-corrected chi connectivity index (χ3v) is 3.91. The minimum atomic E-state index is -0.324. The van der Waals surface area contributed by atoms with E-state index in [4.69, 9.17) is 0 Å². The van der Waals surface area contributed by atoms with Crippen LogP contribution < -0.4 is 0 Å². The van der Waals surface area contributed by atoms with Gasteiger partial charge >= 0.3 is 0 Å². The lowest BCUT2D eigenvalue weighted by atomic mass is 9.97. The number of hydrogen-bond donors (Lipinski definition) is 0. The van der Waals surface area contributed by atoms with Crippen LogP contribution in [0.15, 0.2) is 18.2 Å². The van der Waals surface area contributed by atoms with Gasteiger partial charge in [0.25, 0.3) is 0 Å². The van der Waals surface area contributed by atoms with Crippen LogP contribution in [0.1, 0.15) is 15.9 Å². The Kier molecular flexibility index (Phi) is 2.92. The van der Waals surface area contributed by atoms with Crippen molar-refractivity contribution >= 4 is 5.78 Å². The van der Waals surface area contributed by atoms with E-state index in [1.54, 1.807) is 6.07 Å². The molecule has 4 rings (SSSR count). The van der Waals surface area contributed by atoms with Crippen LogP contribution in [-0.2, 0) is 0 Å². The van der Waals surface area contributed by atoms with Crippen molar-refractivity contribution in [3.8, 4) is 0 Å². The van der Waals surface area contributed by atoms with Crippen LogP contribution in [0.25, 0.3) is 0 Å². The molecule has 18 heavy (non-hydrogen) atoms. The number of carbonyl (C=O) groups excluding carboxylic acids is 1. The molecule has 0 aromatic heterocycles. The molecule has 2 bridgehead atoms. The van der Waals surface area contributed by atoms with Crippen LogP contribution in [-0.4, -0.2) is 54.3 Å². The summed E-state index contributed by atoms with van der Waals surface area (Å²) in [6, 6.07) is 4.50. The number of halogens is 1. The highest BCUT2D eigenvalue weighted by Gasteiger charge is 2.36. The molecule has 0 aliphatic carbocycles. The third kappa shape index (κ3) is 2.06. The van der Waals surface area contributed by atoms with Gasteiger partial charge < -0.3 is 0 Å². The maximum atomic E-state index is 13.4. The van der Waals surface area contributed by atoms with E-state index >= 15 is 0 Å². The average molecular weight is 248 g/mol. The molecule has 0 N–H and O–H groups in total. The normalized spacial score (nSPS) is 30.4. The standard InChI is InChI=1S/C14H17FN2O/c1-10-6-11(8-12(15)7-10)14(18)13-9-16-2-4-17(13)5-3-16/h6-8,13H,2-5,9H2,1H3. The summed E-state index contributed by atoms with van der Waals surface area (Å²) in [4.78, 5) is 17.0. The summed E-state index contributed by atoms with van der Waals surface area (Å²) in [5.41, 5.74) is 1.31. The van der Waals surface area contributed by atoms with Gasteiger partial charge in [0.15, 0.2) is 5.78 Å². The number of rotatable bonds is 2. The fourth-order valence-corrected chi connectivity index (χ4v) is 2.94. The molecule has 3 aliphatic heterocycles. The van der Waals surface area contributed by atoms with E-state index < -0.39 is 0 Å². The average Bonchev–Trinajstić information content (AvgIpc) is 2.38. The molecule has 3 nitrogen and oxygen atoms in total. The van der Waals surface area contributed by atoms with E-state index in [-0.39, 0.29) is 17.6 Å². The number of aryl methyl sites for hydroxylation is 1. The molecule has 0 amide bonds.